The van der Waals surface area contributed by atoms with Gasteiger partial charge in [-0.25, -0.2) is 4.68 Å². The van der Waals surface area contributed by atoms with Crippen LogP contribution in [0.1, 0.15) is 0 Å². The minimum atomic E-state index is 0.711. The topological polar surface area (TPSA) is 68.1 Å². The highest BCUT2D eigenvalue weighted by atomic mass is 16.5. The molecule has 84 valence electrons. The summed E-state index contributed by atoms with van der Waals surface area (Å²) in [6.45, 7) is 5.55. The number of tetrazole rings is 1. The summed E-state index contributed by atoms with van der Waals surface area (Å²) in [5.74, 6) is 0.711. The van der Waals surface area contributed by atoms with Gasteiger partial charge in [0.05, 0.1) is 13.2 Å². The number of morpholine rings is 1. The number of ether oxygens (including phenoxy) is 1. The van der Waals surface area contributed by atoms with E-state index in [1.54, 1.807) is 4.68 Å². The summed E-state index contributed by atoms with van der Waals surface area (Å²) in [4.78, 5) is 2.36. The van der Waals surface area contributed by atoms with Crippen molar-refractivity contribution in [2.24, 2.45) is 7.05 Å². The van der Waals surface area contributed by atoms with Gasteiger partial charge in [0.1, 0.15) is 0 Å². The van der Waals surface area contributed by atoms with E-state index in [2.05, 4.69) is 25.7 Å². The van der Waals surface area contributed by atoms with Crippen molar-refractivity contribution >= 4 is 5.95 Å². The molecule has 7 nitrogen and oxygen atoms in total. The van der Waals surface area contributed by atoms with Gasteiger partial charge < -0.3 is 10.1 Å². The zero-order chi connectivity index (χ0) is 10.5. The molecule has 1 fully saturated rings. The fourth-order valence-corrected chi connectivity index (χ4v) is 1.53. The van der Waals surface area contributed by atoms with E-state index in [1.807, 2.05) is 7.05 Å². The highest BCUT2D eigenvalue weighted by Gasteiger charge is 2.09. The molecular weight excluding hydrogens is 196 g/mol. The van der Waals surface area contributed by atoms with Gasteiger partial charge in [-0.05, 0) is 10.4 Å². The second-order valence-electron chi connectivity index (χ2n) is 3.51. The second kappa shape index (κ2) is 5.04. The number of aromatic nitrogens is 4. The first-order chi connectivity index (χ1) is 7.36. The van der Waals surface area contributed by atoms with Crippen LogP contribution in [0.5, 0.6) is 0 Å². The van der Waals surface area contributed by atoms with Crippen molar-refractivity contribution in [3.8, 4) is 0 Å². The maximum Gasteiger partial charge on any atom is 0.242 e. The minimum absolute atomic E-state index is 0.711. The van der Waals surface area contributed by atoms with Crippen molar-refractivity contribution in [3.63, 3.8) is 0 Å². The monoisotopic (exact) mass is 212 g/mol. The summed E-state index contributed by atoms with van der Waals surface area (Å²) in [5.41, 5.74) is 0. The van der Waals surface area contributed by atoms with Crippen molar-refractivity contribution in [2.45, 2.75) is 0 Å². The lowest BCUT2D eigenvalue weighted by Crippen LogP contribution is -2.39. The van der Waals surface area contributed by atoms with Gasteiger partial charge >= 0.3 is 0 Å². The Hall–Kier alpha value is -1.21. The molecule has 1 aromatic rings. The first-order valence-corrected chi connectivity index (χ1v) is 5.12. The highest BCUT2D eigenvalue weighted by molar-refractivity contribution is 5.20. The number of nitrogens with one attached hydrogen (secondary N) is 1. The molecule has 0 bridgehead atoms. The first-order valence-electron chi connectivity index (χ1n) is 5.12. The molecule has 0 aliphatic carbocycles. The Labute approximate surface area is 88.4 Å². The largest absolute Gasteiger partial charge is 0.379 e. The predicted octanol–water partition coefficient (Wildman–Crippen LogP) is -1.05. The van der Waals surface area contributed by atoms with Crippen molar-refractivity contribution in [2.75, 3.05) is 44.7 Å². The number of nitrogens with zero attached hydrogens (tertiary/aromatic N) is 5. The van der Waals surface area contributed by atoms with Crippen LogP contribution in [0.4, 0.5) is 5.95 Å². The fourth-order valence-electron chi connectivity index (χ4n) is 1.53. The normalized spacial score (nSPS) is 17.9. The van der Waals surface area contributed by atoms with Crippen LogP contribution in [0.3, 0.4) is 0 Å². The van der Waals surface area contributed by atoms with Crippen molar-refractivity contribution in [1.82, 2.24) is 25.1 Å². The molecule has 15 heavy (non-hydrogen) atoms. The Morgan fingerprint density at radius 3 is 2.87 bits per heavy atom. The SMILES string of the molecule is Cn1nnnc1NCCN1CCOCC1. The molecule has 1 aliphatic heterocycles. The van der Waals surface area contributed by atoms with E-state index in [0.29, 0.717) is 5.95 Å². The molecule has 0 saturated carbocycles. The Morgan fingerprint density at radius 2 is 2.20 bits per heavy atom. The van der Waals surface area contributed by atoms with Crippen LogP contribution in [0.15, 0.2) is 0 Å². The summed E-state index contributed by atoms with van der Waals surface area (Å²) in [6.07, 6.45) is 0. The zero-order valence-electron chi connectivity index (χ0n) is 8.89. The van der Waals surface area contributed by atoms with Gasteiger partial charge in [0.25, 0.3) is 0 Å². The van der Waals surface area contributed by atoms with Crippen LogP contribution in [-0.2, 0) is 11.8 Å². The molecule has 1 aromatic heterocycles. The van der Waals surface area contributed by atoms with Gasteiger partial charge in [-0.1, -0.05) is 5.10 Å². The van der Waals surface area contributed by atoms with Gasteiger partial charge in [-0.15, -0.1) is 0 Å². The molecule has 0 spiro atoms. The fraction of sp³-hybridized carbons (Fsp3) is 0.875. The summed E-state index contributed by atoms with van der Waals surface area (Å²) in [5, 5.41) is 14.3. The number of rotatable bonds is 4. The standard InChI is InChI=1S/C8H16N6O/c1-13-8(10-11-12-13)9-2-3-14-4-6-15-7-5-14/h2-7H2,1H3,(H,9,10,12). The molecule has 2 rings (SSSR count). The molecule has 0 atom stereocenters. The maximum atomic E-state index is 5.27. The molecule has 0 amide bonds. The number of anilines is 1. The third kappa shape index (κ3) is 2.87. The zero-order valence-corrected chi connectivity index (χ0v) is 8.89. The number of hydrogen-bond donors (Lipinski definition) is 1. The van der Waals surface area contributed by atoms with Crippen LogP contribution in [0.2, 0.25) is 0 Å². The van der Waals surface area contributed by atoms with E-state index in [9.17, 15) is 0 Å². The highest BCUT2D eigenvalue weighted by Crippen LogP contribution is 1.98. The van der Waals surface area contributed by atoms with E-state index < -0.39 is 0 Å². The third-order valence-corrected chi connectivity index (χ3v) is 2.43. The molecular formula is C8H16N6O. The Bertz CT molecular complexity index is 295. The van der Waals surface area contributed by atoms with Crippen molar-refractivity contribution in [3.05, 3.63) is 0 Å². The van der Waals surface area contributed by atoms with Crippen LogP contribution in [-0.4, -0.2) is 64.5 Å². The molecule has 7 heteroatoms. The first kappa shape index (κ1) is 10.3. The minimum Gasteiger partial charge on any atom is -0.379 e. The Balaban J connectivity index is 1.68. The molecule has 0 unspecified atom stereocenters. The van der Waals surface area contributed by atoms with Crippen LogP contribution >= 0.6 is 0 Å². The molecule has 0 aromatic carbocycles. The molecule has 1 saturated heterocycles. The lowest BCUT2D eigenvalue weighted by molar-refractivity contribution is 0.0398. The van der Waals surface area contributed by atoms with Crippen molar-refractivity contribution < 1.29 is 4.74 Å². The van der Waals surface area contributed by atoms with Gasteiger partial charge in [0, 0.05) is 33.2 Å². The average Bonchev–Trinajstić information content (AvgIpc) is 2.66. The van der Waals surface area contributed by atoms with Crippen LogP contribution < -0.4 is 5.32 Å². The van der Waals surface area contributed by atoms with Gasteiger partial charge in [-0.2, -0.15) is 0 Å². The smallest absolute Gasteiger partial charge is 0.242 e. The summed E-state index contributed by atoms with van der Waals surface area (Å²) in [7, 11) is 1.82. The molecule has 0 radical (unpaired) electrons. The van der Waals surface area contributed by atoms with E-state index in [1.165, 1.54) is 0 Å². The number of hydrogen-bond acceptors (Lipinski definition) is 6. The Kier molecular flexibility index (Phi) is 3.46. The van der Waals surface area contributed by atoms with Gasteiger partial charge in [-0.3, -0.25) is 4.90 Å². The van der Waals surface area contributed by atoms with Crippen LogP contribution in [0, 0.1) is 0 Å². The van der Waals surface area contributed by atoms with E-state index in [4.69, 9.17) is 4.74 Å². The molecule has 1 N–H and O–H groups in total. The molecule has 1 aliphatic rings. The quantitative estimate of drug-likeness (QED) is 0.687. The summed E-state index contributed by atoms with van der Waals surface area (Å²) >= 11 is 0. The van der Waals surface area contributed by atoms with Gasteiger partial charge in [0.15, 0.2) is 0 Å². The van der Waals surface area contributed by atoms with Gasteiger partial charge in [0.2, 0.25) is 5.95 Å². The molecule has 2 heterocycles. The number of aryl methyl sites for hydroxylation is 1. The lowest BCUT2D eigenvalue weighted by Gasteiger charge is -2.26. The lowest BCUT2D eigenvalue weighted by atomic mass is 10.4. The maximum absolute atomic E-state index is 5.27. The summed E-state index contributed by atoms with van der Waals surface area (Å²) in [6, 6.07) is 0. The predicted molar refractivity (Wildman–Crippen MR) is 54.5 cm³/mol. The van der Waals surface area contributed by atoms with E-state index >= 15 is 0 Å². The van der Waals surface area contributed by atoms with Crippen molar-refractivity contribution in [1.29, 1.82) is 0 Å². The third-order valence-electron chi connectivity index (χ3n) is 2.43. The van der Waals surface area contributed by atoms with E-state index in [-0.39, 0.29) is 0 Å². The summed E-state index contributed by atoms with van der Waals surface area (Å²) < 4.78 is 6.90. The second-order valence-corrected chi connectivity index (χ2v) is 3.51. The van der Waals surface area contributed by atoms with Crippen LogP contribution in [0.25, 0.3) is 0 Å². The Morgan fingerprint density at radius 1 is 1.40 bits per heavy atom. The average molecular weight is 212 g/mol. The van der Waals surface area contributed by atoms with E-state index in [0.717, 1.165) is 39.4 Å².